The zero-order valence-electron chi connectivity index (χ0n) is 11.3. The first-order chi connectivity index (χ1) is 9.66. The van der Waals surface area contributed by atoms with Crippen LogP contribution in [0, 0.1) is 0 Å². The van der Waals surface area contributed by atoms with Crippen molar-refractivity contribution in [2.75, 3.05) is 13.1 Å². The molecule has 21 heavy (non-hydrogen) atoms. The van der Waals surface area contributed by atoms with Gasteiger partial charge in [0.1, 0.15) is 0 Å². The van der Waals surface area contributed by atoms with Crippen molar-refractivity contribution < 1.29 is 10.2 Å². The molecule has 112 valence electrons. The maximum Gasteiger partial charge on any atom is 0.157 e. The first-order valence-corrected chi connectivity index (χ1v) is 7.01. The number of rotatable bonds is 2. The zero-order valence-corrected chi connectivity index (χ0v) is 13.8. The van der Waals surface area contributed by atoms with Crippen molar-refractivity contribution in [2.45, 2.75) is 11.8 Å². The summed E-state index contributed by atoms with van der Waals surface area (Å²) < 4.78 is 0. The van der Waals surface area contributed by atoms with E-state index in [9.17, 15) is 10.2 Å². The van der Waals surface area contributed by atoms with E-state index in [0.29, 0.717) is 0 Å². The first-order valence-electron chi connectivity index (χ1n) is 6.64. The van der Waals surface area contributed by atoms with Crippen molar-refractivity contribution in [2.24, 2.45) is 0 Å². The van der Waals surface area contributed by atoms with Crippen LogP contribution in [-0.2, 0) is 0 Å². The van der Waals surface area contributed by atoms with Gasteiger partial charge in [-0.1, -0.05) is 35.9 Å². The van der Waals surface area contributed by atoms with Crippen molar-refractivity contribution in [3.8, 4) is 11.5 Å². The largest absolute Gasteiger partial charge is 0.504 e. The van der Waals surface area contributed by atoms with Gasteiger partial charge in [-0.15, -0.1) is 17.0 Å². The smallest absolute Gasteiger partial charge is 0.157 e. The Balaban J connectivity index is 0.00000161. The Kier molecular flexibility index (Phi) is 5.14. The van der Waals surface area contributed by atoms with E-state index >= 15 is 0 Å². The third kappa shape index (κ3) is 3.18. The SMILES string of the molecule is Br.Oc1ccc([C@H]2CNC[C@@H]2c2ccccc2Cl)cc1O. The molecular weight excluding hydrogens is 354 g/mol. The summed E-state index contributed by atoms with van der Waals surface area (Å²) in [4.78, 5) is 0. The quantitative estimate of drug-likeness (QED) is 0.705. The molecule has 0 amide bonds. The highest BCUT2D eigenvalue weighted by Gasteiger charge is 2.31. The molecule has 0 saturated carbocycles. The van der Waals surface area contributed by atoms with Crippen LogP contribution in [0.1, 0.15) is 23.0 Å². The number of aromatic hydroxyl groups is 2. The Bertz CT molecular complexity index is 635. The number of benzene rings is 2. The maximum atomic E-state index is 9.68. The van der Waals surface area contributed by atoms with Gasteiger partial charge in [0.05, 0.1) is 0 Å². The fourth-order valence-corrected chi connectivity index (χ4v) is 3.18. The molecule has 0 unspecified atom stereocenters. The molecule has 3 rings (SSSR count). The van der Waals surface area contributed by atoms with Crippen molar-refractivity contribution in [1.82, 2.24) is 5.32 Å². The Hall–Kier alpha value is -1.23. The number of hydrogen-bond donors (Lipinski definition) is 3. The molecule has 2 aromatic carbocycles. The lowest BCUT2D eigenvalue weighted by molar-refractivity contribution is 0.402. The highest BCUT2D eigenvalue weighted by atomic mass is 79.9. The Morgan fingerprint density at radius 3 is 2.38 bits per heavy atom. The van der Waals surface area contributed by atoms with E-state index in [0.717, 1.165) is 29.2 Å². The number of phenols is 2. The molecule has 0 aromatic heterocycles. The zero-order chi connectivity index (χ0) is 14.1. The molecule has 1 saturated heterocycles. The van der Waals surface area contributed by atoms with Crippen LogP contribution >= 0.6 is 28.6 Å². The second-order valence-corrected chi connectivity index (χ2v) is 5.55. The second-order valence-electron chi connectivity index (χ2n) is 5.14. The number of phenolic OH excluding ortho intramolecular Hbond substituents is 2. The van der Waals surface area contributed by atoms with E-state index in [1.54, 1.807) is 6.07 Å². The molecule has 1 aliphatic rings. The molecule has 0 spiro atoms. The molecule has 0 aliphatic carbocycles. The van der Waals surface area contributed by atoms with E-state index in [-0.39, 0.29) is 40.3 Å². The predicted octanol–water partition coefficient (Wildman–Crippen LogP) is 3.80. The average molecular weight is 371 g/mol. The van der Waals surface area contributed by atoms with Crippen LogP contribution in [0.5, 0.6) is 11.5 Å². The summed E-state index contributed by atoms with van der Waals surface area (Å²) in [5.74, 6) is 0.343. The Morgan fingerprint density at radius 1 is 0.952 bits per heavy atom. The predicted molar refractivity (Wildman–Crippen MR) is 89.9 cm³/mol. The molecule has 1 aliphatic heterocycles. The lowest BCUT2D eigenvalue weighted by Crippen LogP contribution is -2.09. The molecule has 1 heterocycles. The topological polar surface area (TPSA) is 52.5 Å². The molecule has 0 bridgehead atoms. The van der Waals surface area contributed by atoms with Gasteiger partial charge >= 0.3 is 0 Å². The minimum absolute atomic E-state index is 0. The normalized spacial score (nSPS) is 21.0. The van der Waals surface area contributed by atoms with Crippen LogP contribution < -0.4 is 5.32 Å². The number of nitrogens with one attached hydrogen (secondary N) is 1. The third-order valence-corrected chi connectivity index (χ3v) is 4.29. The molecular formula is C16H17BrClNO2. The van der Waals surface area contributed by atoms with E-state index < -0.39 is 0 Å². The molecule has 3 N–H and O–H groups in total. The van der Waals surface area contributed by atoms with Crippen LogP contribution in [0.25, 0.3) is 0 Å². The maximum absolute atomic E-state index is 9.68. The van der Waals surface area contributed by atoms with Gasteiger partial charge in [-0.2, -0.15) is 0 Å². The summed E-state index contributed by atoms with van der Waals surface area (Å²) in [6.45, 7) is 1.69. The fourth-order valence-electron chi connectivity index (χ4n) is 2.90. The van der Waals surface area contributed by atoms with Gasteiger partial charge in [0.25, 0.3) is 0 Å². The van der Waals surface area contributed by atoms with Gasteiger partial charge in [0.2, 0.25) is 0 Å². The summed E-state index contributed by atoms with van der Waals surface area (Å²) in [5, 5.41) is 23.3. The summed E-state index contributed by atoms with van der Waals surface area (Å²) in [6, 6.07) is 12.9. The van der Waals surface area contributed by atoms with Gasteiger partial charge in [-0.3, -0.25) is 0 Å². The number of hydrogen-bond acceptors (Lipinski definition) is 3. The third-order valence-electron chi connectivity index (χ3n) is 3.95. The average Bonchev–Trinajstić information content (AvgIpc) is 2.91. The molecule has 2 atom stereocenters. The van der Waals surface area contributed by atoms with E-state index in [2.05, 4.69) is 5.32 Å². The molecule has 5 heteroatoms. The highest BCUT2D eigenvalue weighted by molar-refractivity contribution is 8.93. The summed E-state index contributed by atoms with van der Waals surface area (Å²) in [5.41, 5.74) is 2.13. The van der Waals surface area contributed by atoms with Gasteiger partial charge < -0.3 is 15.5 Å². The minimum atomic E-state index is -0.0889. The summed E-state index contributed by atoms with van der Waals surface area (Å²) >= 11 is 6.30. The molecule has 1 fully saturated rings. The molecule has 2 aromatic rings. The second kappa shape index (κ2) is 6.69. The van der Waals surface area contributed by atoms with Crippen LogP contribution in [0.2, 0.25) is 5.02 Å². The molecule has 3 nitrogen and oxygen atoms in total. The minimum Gasteiger partial charge on any atom is -0.504 e. The highest BCUT2D eigenvalue weighted by Crippen LogP contribution is 2.40. The Labute approximate surface area is 139 Å². The van der Waals surface area contributed by atoms with Crippen LogP contribution in [0.3, 0.4) is 0 Å². The van der Waals surface area contributed by atoms with Crippen molar-refractivity contribution in [3.63, 3.8) is 0 Å². The monoisotopic (exact) mass is 369 g/mol. The van der Waals surface area contributed by atoms with Crippen LogP contribution in [0.15, 0.2) is 42.5 Å². The first kappa shape index (κ1) is 16.1. The van der Waals surface area contributed by atoms with Gasteiger partial charge in [0.15, 0.2) is 11.5 Å². The van der Waals surface area contributed by atoms with Crippen LogP contribution in [0.4, 0.5) is 0 Å². The van der Waals surface area contributed by atoms with Gasteiger partial charge in [-0.05, 0) is 29.3 Å². The summed E-state index contributed by atoms with van der Waals surface area (Å²) in [6.07, 6.45) is 0. The lowest BCUT2D eigenvalue weighted by Gasteiger charge is -2.20. The van der Waals surface area contributed by atoms with E-state index in [1.165, 1.54) is 6.07 Å². The standard InChI is InChI=1S/C16H16ClNO2.BrH/c17-14-4-2-1-3-11(14)13-9-18-8-12(13)10-5-6-15(19)16(20)7-10;/h1-7,12-13,18-20H,8-9H2;1H/t12-,13-;/m1./s1. The fraction of sp³-hybridized carbons (Fsp3) is 0.250. The van der Waals surface area contributed by atoms with Crippen molar-refractivity contribution in [1.29, 1.82) is 0 Å². The number of halogens is 2. The van der Waals surface area contributed by atoms with Crippen molar-refractivity contribution >= 4 is 28.6 Å². The lowest BCUT2D eigenvalue weighted by atomic mass is 9.84. The van der Waals surface area contributed by atoms with Crippen LogP contribution in [-0.4, -0.2) is 23.3 Å². The summed E-state index contributed by atoms with van der Waals surface area (Å²) in [7, 11) is 0. The van der Waals surface area contributed by atoms with Crippen molar-refractivity contribution in [3.05, 3.63) is 58.6 Å². The van der Waals surface area contributed by atoms with Gasteiger partial charge in [-0.25, -0.2) is 0 Å². The Morgan fingerprint density at radius 2 is 1.67 bits per heavy atom. The van der Waals surface area contributed by atoms with E-state index in [4.69, 9.17) is 11.6 Å². The van der Waals surface area contributed by atoms with E-state index in [1.807, 2.05) is 30.3 Å². The molecule has 0 radical (unpaired) electrons. The van der Waals surface area contributed by atoms with Gasteiger partial charge in [0, 0.05) is 29.9 Å².